The van der Waals surface area contributed by atoms with Crippen molar-refractivity contribution in [2.75, 3.05) is 26.4 Å². The number of carbonyl (C=O) groups is 1. The Morgan fingerprint density at radius 2 is 0.841 bits per heavy atom. The summed E-state index contributed by atoms with van der Waals surface area (Å²) in [6, 6.07) is -0.971. The first-order chi connectivity index (χ1) is 39.8. The molecule has 0 aromatic heterocycles. The van der Waals surface area contributed by atoms with Gasteiger partial charge >= 0.3 is 0 Å². The van der Waals surface area contributed by atoms with E-state index in [-0.39, 0.29) is 18.9 Å². The van der Waals surface area contributed by atoms with E-state index in [1.807, 2.05) is 6.08 Å². The predicted octanol–water partition coefficient (Wildman–Crippen LogP) is 6.43. The fourth-order valence-corrected chi connectivity index (χ4v) is 10.4. The first kappa shape index (κ1) is 73.7. The van der Waals surface area contributed by atoms with E-state index in [0.29, 0.717) is 6.42 Å². The summed E-state index contributed by atoms with van der Waals surface area (Å²) in [7, 11) is 0. The third-order valence-corrected chi connectivity index (χ3v) is 15.6. The highest BCUT2D eigenvalue weighted by atomic mass is 16.8. The molecule has 17 atom stereocenters. The van der Waals surface area contributed by atoms with Crippen LogP contribution in [0.3, 0.4) is 0 Å². The molecule has 3 aliphatic heterocycles. The van der Waals surface area contributed by atoms with E-state index in [1.165, 1.54) is 96.3 Å². The lowest BCUT2D eigenvalue weighted by Gasteiger charge is -2.48. The Morgan fingerprint density at radius 1 is 0.451 bits per heavy atom. The van der Waals surface area contributed by atoms with Crippen LogP contribution in [0.4, 0.5) is 0 Å². The summed E-state index contributed by atoms with van der Waals surface area (Å²) in [5.41, 5.74) is 0. The third-order valence-electron chi connectivity index (χ3n) is 15.6. The summed E-state index contributed by atoms with van der Waals surface area (Å²) in [5.74, 6) is -0.281. The molecule has 3 aliphatic rings. The molecule has 0 spiro atoms. The van der Waals surface area contributed by atoms with Crippen LogP contribution in [-0.2, 0) is 33.2 Å². The van der Waals surface area contributed by atoms with Crippen molar-refractivity contribution in [3.8, 4) is 0 Å². The summed E-state index contributed by atoms with van der Waals surface area (Å²) in [6.45, 7) is 1.55. The molecule has 1 amide bonds. The molecule has 0 aliphatic carbocycles. The summed E-state index contributed by atoms with van der Waals surface area (Å²) in [5, 5.41) is 120. The molecular weight excluding hydrogens is 1060 g/mol. The van der Waals surface area contributed by atoms with Gasteiger partial charge in [0.25, 0.3) is 0 Å². The number of aliphatic hydroxyl groups excluding tert-OH is 11. The van der Waals surface area contributed by atoms with Crippen LogP contribution >= 0.6 is 0 Å². The molecule has 12 N–H and O–H groups in total. The van der Waals surface area contributed by atoms with Gasteiger partial charge in [0.15, 0.2) is 18.9 Å². The van der Waals surface area contributed by atoms with Crippen molar-refractivity contribution in [1.29, 1.82) is 0 Å². The van der Waals surface area contributed by atoms with Crippen LogP contribution in [0.25, 0.3) is 0 Å². The van der Waals surface area contributed by atoms with Crippen molar-refractivity contribution < 1.29 is 89.4 Å². The number of allylic oxidation sites excluding steroid dienone is 9. The van der Waals surface area contributed by atoms with Crippen LogP contribution in [0.5, 0.6) is 0 Å². The van der Waals surface area contributed by atoms with Gasteiger partial charge in [0.05, 0.1) is 38.6 Å². The van der Waals surface area contributed by atoms with Crippen LogP contribution in [0.15, 0.2) is 60.8 Å². The summed E-state index contributed by atoms with van der Waals surface area (Å²) in [6.07, 6.45) is 26.7. The van der Waals surface area contributed by atoms with Gasteiger partial charge in [-0.3, -0.25) is 4.79 Å². The zero-order valence-electron chi connectivity index (χ0n) is 49.7. The lowest BCUT2D eigenvalue weighted by molar-refractivity contribution is -0.379. The highest BCUT2D eigenvalue weighted by molar-refractivity contribution is 5.76. The number of unbranched alkanes of at least 4 members (excludes halogenated alkanes) is 22. The van der Waals surface area contributed by atoms with Gasteiger partial charge in [-0.1, -0.05) is 197 Å². The number of hydrogen-bond donors (Lipinski definition) is 12. The van der Waals surface area contributed by atoms with Crippen molar-refractivity contribution in [3.63, 3.8) is 0 Å². The van der Waals surface area contributed by atoms with Gasteiger partial charge in [-0.15, -0.1) is 0 Å². The van der Waals surface area contributed by atoms with E-state index in [1.54, 1.807) is 6.08 Å². The molecule has 3 heterocycles. The van der Waals surface area contributed by atoms with Gasteiger partial charge in [0.2, 0.25) is 5.91 Å². The molecule has 3 fully saturated rings. The third kappa shape index (κ3) is 28.8. The maximum Gasteiger partial charge on any atom is 0.220 e. The van der Waals surface area contributed by atoms with Gasteiger partial charge < -0.3 is 89.9 Å². The SMILES string of the molecule is CC/C=C\C/C=C\C/C=C\C/C=C\CCCCCCCCCCCCCCCCCCC(=O)NC(COC1OC(CO)C(OC2OC(CO)C(OC3OC(CO)C(O)C(O)C3O)C(O)C2O)C(O)C1O)C(O)/C=C/CCCCCCCC. The minimum Gasteiger partial charge on any atom is -0.394 e. The number of rotatable bonds is 46. The van der Waals surface area contributed by atoms with Crippen molar-refractivity contribution >= 4 is 5.91 Å². The van der Waals surface area contributed by atoms with E-state index in [2.05, 4.69) is 67.8 Å². The van der Waals surface area contributed by atoms with Crippen LogP contribution in [-0.4, -0.2) is 193 Å². The Hall–Kier alpha value is -2.51. The molecule has 19 nitrogen and oxygen atoms in total. The van der Waals surface area contributed by atoms with Gasteiger partial charge in [-0.2, -0.15) is 0 Å². The molecule has 3 saturated heterocycles. The molecular formula is C63H111NO18. The number of hydrogen-bond acceptors (Lipinski definition) is 18. The molecule has 3 rings (SSSR count). The quantitative estimate of drug-likeness (QED) is 0.0231. The van der Waals surface area contributed by atoms with Crippen LogP contribution < -0.4 is 5.32 Å². The Bertz CT molecular complexity index is 1730. The molecule has 0 bridgehead atoms. The summed E-state index contributed by atoms with van der Waals surface area (Å²) < 4.78 is 34.2. The Morgan fingerprint density at radius 3 is 1.32 bits per heavy atom. The number of ether oxygens (including phenoxy) is 6. The average Bonchev–Trinajstić information content (AvgIpc) is 3.60. The summed E-state index contributed by atoms with van der Waals surface area (Å²) in [4.78, 5) is 13.3. The monoisotopic (exact) mass is 1170 g/mol. The Kier molecular flexibility index (Phi) is 41.2. The molecule has 0 radical (unpaired) electrons. The maximum atomic E-state index is 13.3. The molecule has 0 aromatic rings. The molecule has 17 unspecified atom stereocenters. The van der Waals surface area contributed by atoms with Gasteiger partial charge in [0.1, 0.15) is 73.2 Å². The first-order valence-electron chi connectivity index (χ1n) is 31.5. The Labute approximate surface area is 490 Å². The minimum absolute atomic E-state index is 0.241. The second-order valence-corrected chi connectivity index (χ2v) is 22.5. The second-order valence-electron chi connectivity index (χ2n) is 22.5. The normalized spacial score (nSPS) is 30.0. The molecule has 0 saturated carbocycles. The lowest BCUT2D eigenvalue weighted by atomic mass is 9.96. The van der Waals surface area contributed by atoms with Crippen LogP contribution in [0, 0.1) is 0 Å². The molecule has 0 aromatic carbocycles. The zero-order valence-corrected chi connectivity index (χ0v) is 49.7. The zero-order chi connectivity index (χ0) is 59.7. The van der Waals surface area contributed by atoms with Crippen molar-refractivity contribution in [2.24, 2.45) is 0 Å². The largest absolute Gasteiger partial charge is 0.394 e. The van der Waals surface area contributed by atoms with E-state index in [0.717, 1.165) is 77.0 Å². The van der Waals surface area contributed by atoms with Crippen molar-refractivity contribution in [3.05, 3.63) is 60.8 Å². The lowest BCUT2D eigenvalue weighted by Crippen LogP contribution is -2.66. The number of aliphatic hydroxyl groups is 11. The average molecular weight is 1170 g/mol. The van der Waals surface area contributed by atoms with Gasteiger partial charge in [-0.25, -0.2) is 0 Å². The van der Waals surface area contributed by atoms with Crippen molar-refractivity contribution in [1.82, 2.24) is 5.32 Å². The van der Waals surface area contributed by atoms with E-state index in [4.69, 9.17) is 28.4 Å². The fraction of sp³-hybridized carbons (Fsp3) is 0.825. The van der Waals surface area contributed by atoms with Crippen LogP contribution in [0.2, 0.25) is 0 Å². The van der Waals surface area contributed by atoms with E-state index in [9.17, 15) is 61.0 Å². The number of amides is 1. The number of nitrogens with one attached hydrogen (secondary N) is 1. The fourth-order valence-electron chi connectivity index (χ4n) is 10.4. The smallest absolute Gasteiger partial charge is 0.220 e. The number of carbonyl (C=O) groups excluding carboxylic acids is 1. The van der Waals surface area contributed by atoms with Crippen molar-refractivity contribution in [2.45, 2.75) is 304 Å². The van der Waals surface area contributed by atoms with Gasteiger partial charge in [-0.05, 0) is 57.8 Å². The van der Waals surface area contributed by atoms with Gasteiger partial charge in [0, 0.05) is 6.42 Å². The van der Waals surface area contributed by atoms with Crippen LogP contribution in [0.1, 0.15) is 200 Å². The predicted molar refractivity (Wildman–Crippen MR) is 314 cm³/mol. The standard InChI is InChI=1S/C63H111NO18/c1-3-5-7-9-11-13-14-15-16-17-18-19-20-21-22-23-24-25-26-27-28-29-30-31-32-33-35-37-39-41-51(69)64-46(47(68)40-38-36-34-12-10-8-6-4-2)45-77-61-57(75)54(72)59(49(43-66)79-61)82-63-58(76)55(73)60(50(44-67)80-63)81-62-56(74)53(71)52(70)48(42-65)78-62/h5,7,11,13,15-16,18-19,38,40,46-50,52-63,65-68,70-76H,3-4,6,8-10,12,14,17,20-37,39,41-45H2,1-2H3,(H,64,69)/b7-5-,13-11-,16-15-,19-18-,40-38+. The topological polar surface area (TPSA) is 307 Å². The Balaban J connectivity index is 1.36. The van der Waals surface area contributed by atoms with E-state index < -0.39 is 124 Å². The highest BCUT2D eigenvalue weighted by Crippen LogP contribution is 2.33. The maximum absolute atomic E-state index is 13.3. The molecule has 476 valence electrons. The highest BCUT2D eigenvalue weighted by Gasteiger charge is 2.53. The molecule has 82 heavy (non-hydrogen) atoms. The van der Waals surface area contributed by atoms with E-state index >= 15 is 0 Å². The second kappa shape index (κ2) is 45.8. The first-order valence-corrected chi connectivity index (χ1v) is 31.5. The minimum atomic E-state index is -1.98. The summed E-state index contributed by atoms with van der Waals surface area (Å²) >= 11 is 0. The molecule has 19 heteroatoms.